The van der Waals surface area contributed by atoms with Crippen molar-refractivity contribution in [1.29, 1.82) is 0 Å². The molecule has 2 amide bonds. The molecule has 0 aliphatic carbocycles. The van der Waals surface area contributed by atoms with Gasteiger partial charge in [-0.15, -0.1) is 0 Å². The molecule has 0 heterocycles. The average molecular weight is 270 g/mol. The number of methoxy groups -OCH3 is 1. The van der Waals surface area contributed by atoms with Crippen molar-refractivity contribution >= 4 is 23.7 Å². The highest BCUT2D eigenvalue weighted by atomic mass is 16.5. The average Bonchev–Trinajstić information content (AvgIpc) is 2.48. The molecule has 2 rings (SSSR count). The van der Waals surface area contributed by atoms with Gasteiger partial charge in [0.15, 0.2) is 0 Å². The molecular formula is C15H14N2O3. The van der Waals surface area contributed by atoms with E-state index in [2.05, 4.69) is 10.6 Å². The number of anilines is 2. The summed E-state index contributed by atoms with van der Waals surface area (Å²) in [5.74, 6) is 0.477. The summed E-state index contributed by atoms with van der Waals surface area (Å²) in [5.41, 5.74) is 1.71. The summed E-state index contributed by atoms with van der Waals surface area (Å²) in [5, 5.41) is 5.27. The highest BCUT2D eigenvalue weighted by Crippen LogP contribution is 2.17. The van der Waals surface area contributed by atoms with Gasteiger partial charge in [0.1, 0.15) is 5.75 Å². The minimum Gasteiger partial charge on any atom is -0.497 e. The molecule has 0 saturated heterocycles. The number of nitrogens with one attached hydrogen (secondary N) is 2. The molecule has 20 heavy (non-hydrogen) atoms. The van der Waals surface area contributed by atoms with Crippen molar-refractivity contribution in [1.82, 2.24) is 0 Å². The van der Waals surface area contributed by atoms with E-state index >= 15 is 0 Å². The van der Waals surface area contributed by atoms with Crippen LogP contribution in [0, 0.1) is 0 Å². The number of rotatable bonds is 5. The second-order valence-electron chi connectivity index (χ2n) is 4.03. The molecule has 0 aromatic heterocycles. The van der Waals surface area contributed by atoms with Crippen molar-refractivity contribution in [2.45, 2.75) is 0 Å². The van der Waals surface area contributed by atoms with E-state index in [-0.39, 0.29) is 5.91 Å². The first-order valence-corrected chi connectivity index (χ1v) is 5.98. The van der Waals surface area contributed by atoms with Crippen molar-refractivity contribution in [3.8, 4) is 5.75 Å². The Hall–Kier alpha value is -2.82. The Morgan fingerprint density at radius 1 is 1.10 bits per heavy atom. The quantitative estimate of drug-likeness (QED) is 0.820. The lowest BCUT2D eigenvalue weighted by atomic mass is 10.2. The number of carbonyl (C=O) groups is 2. The predicted octanol–water partition coefficient (Wildman–Crippen LogP) is 2.52. The van der Waals surface area contributed by atoms with Gasteiger partial charge in [-0.05, 0) is 42.5 Å². The Morgan fingerprint density at radius 2 is 1.85 bits per heavy atom. The first-order valence-electron chi connectivity index (χ1n) is 5.98. The lowest BCUT2D eigenvalue weighted by Gasteiger charge is -2.07. The van der Waals surface area contributed by atoms with Crippen LogP contribution in [0.15, 0.2) is 48.5 Å². The van der Waals surface area contributed by atoms with Crippen LogP contribution >= 0.6 is 0 Å². The highest BCUT2D eigenvalue weighted by molar-refractivity contribution is 6.05. The largest absolute Gasteiger partial charge is 0.497 e. The Balaban J connectivity index is 2.10. The molecule has 102 valence electrons. The molecule has 0 radical (unpaired) electrons. The molecule has 2 aromatic rings. The molecule has 0 aliphatic heterocycles. The molecule has 5 nitrogen and oxygen atoms in total. The van der Waals surface area contributed by atoms with Gasteiger partial charge in [0.2, 0.25) is 6.41 Å². The Labute approximate surface area is 116 Å². The minimum absolute atomic E-state index is 0.246. The molecular weight excluding hydrogens is 256 g/mol. The molecule has 0 atom stereocenters. The molecule has 2 N–H and O–H groups in total. The summed E-state index contributed by atoms with van der Waals surface area (Å²) in [6.45, 7) is 0. The first kappa shape index (κ1) is 13.6. The van der Waals surface area contributed by atoms with Crippen LogP contribution in [0.4, 0.5) is 11.4 Å². The predicted molar refractivity (Wildman–Crippen MR) is 77.1 cm³/mol. The van der Waals surface area contributed by atoms with Gasteiger partial charge in [-0.3, -0.25) is 9.59 Å². The fourth-order valence-electron chi connectivity index (χ4n) is 1.70. The van der Waals surface area contributed by atoms with Gasteiger partial charge in [-0.25, -0.2) is 0 Å². The second kappa shape index (κ2) is 6.38. The maximum absolute atomic E-state index is 12.1. The maximum Gasteiger partial charge on any atom is 0.255 e. The molecule has 0 bridgehead atoms. The summed E-state index contributed by atoms with van der Waals surface area (Å²) < 4.78 is 5.05. The van der Waals surface area contributed by atoms with Crippen LogP contribution < -0.4 is 15.4 Å². The molecule has 0 aliphatic rings. The number of hydrogen-bond donors (Lipinski definition) is 2. The van der Waals surface area contributed by atoms with E-state index in [1.54, 1.807) is 55.6 Å². The van der Waals surface area contributed by atoms with Crippen LogP contribution in [0.3, 0.4) is 0 Å². The van der Waals surface area contributed by atoms with Crippen molar-refractivity contribution < 1.29 is 14.3 Å². The molecule has 0 fully saturated rings. The number of benzene rings is 2. The van der Waals surface area contributed by atoms with Crippen molar-refractivity contribution in [3.63, 3.8) is 0 Å². The number of amides is 2. The van der Waals surface area contributed by atoms with Gasteiger partial charge in [0, 0.05) is 16.9 Å². The third-order valence-electron chi connectivity index (χ3n) is 2.70. The Morgan fingerprint density at radius 3 is 2.50 bits per heavy atom. The van der Waals surface area contributed by atoms with Crippen molar-refractivity contribution in [3.05, 3.63) is 54.1 Å². The van der Waals surface area contributed by atoms with Crippen LogP contribution in [0.2, 0.25) is 0 Å². The van der Waals surface area contributed by atoms with Crippen LogP contribution in [0.25, 0.3) is 0 Å². The van der Waals surface area contributed by atoms with Gasteiger partial charge < -0.3 is 15.4 Å². The zero-order chi connectivity index (χ0) is 14.4. The Kier molecular flexibility index (Phi) is 4.34. The first-order chi connectivity index (χ1) is 9.72. The van der Waals surface area contributed by atoms with E-state index in [0.29, 0.717) is 23.3 Å². The summed E-state index contributed by atoms with van der Waals surface area (Å²) >= 11 is 0. The number of hydrogen-bond acceptors (Lipinski definition) is 3. The smallest absolute Gasteiger partial charge is 0.255 e. The van der Waals surface area contributed by atoms with E-state index in [0.717, 1.165) is 5.75 Å². The third kappa shape index (κ3) is 3.35. The summed E-state index contributed by atoms with van der Waals surface area (Å²) in [6.07, 6.45) is 0.570. The molecule has 0 saturated carbocycles. The van der Waals surface area contributed by atoms with E-state index in [1.165, 1.54) is 0 Å². The molecule has 0 unspecified atom stereocenters. The maximum atomic E-state index is 12.1. The molecule has 0 spiro atoms. The summed E-state index contributed by atoms with van der Waals surface area (Å²) in [6, 6.07) is 13.7. The van der Waals surface area contributed by atoms with Crippen LogP contribution in [-0.4, -0.2) is 19.4 Å². The van der Waals surface area contributed by atoms with Gasteiger partial charge in [0.05, 0.1) is 7.11 Å². The second-order valence-corrected chi connectivity index (χ2v) is 4.03. The van der Waals surface area contributed by atoms with Gasteiger partial charge in [0.25, 0.3) is 5.91 Å². The fraction of sp³-hybridized carbons (Fsp3) is 0.0667. The SMILES string of the molecule is COc1ccc(NC(=O)c2cccc(NC=O)c2)cc1. The topological polar surface area (TPSA) is 67.4 Å². The number of ether oxygens (including phenoxy) is 1. The standard InChI is InChI=1S/C15H14N2O3/c1-20-14-7-5-12(6-8-14)17-15(19)11-3-2-4-13(9-11)16-10-18/h2-10H,1H3,(H,16,18)(H,17,19). The number of carbonyl (C=O) groups excluding carboxylic acids is 2. The monoisotopic (exact) mass is 270 g/mol. The lowest BCUT2D eigenvalue weighted by Crippen LogP contribution is -2.12. The minimum atomic E-state index is -0.246. The van der Waals surface area contributed by atoms with Crippen LogP contribution in [0.5, 0.6) is 5.75 Å². The zero-order valence-electron chi connectivity index (χ0n) is 10.9. The third-order valence-corrected chi connectivity index (χ3v) is 2.70. The van der Waals surface area contributed by atoms with E-state index in [4.69, 9.17) is 4.74 Å². The zero-order valence-corrected chi connectivity index (χ0v) is 10.9. The molecule has 2 aromatic carbocycles. The Bertz CT molecular complexity index is 609. The van der Waals surface area contributed by atoms with Gasteiger partial charge in [-0.2, -0.15) is 0 Å². The summed E-state index contributed by atoms with van der Waals surface area (Å²) in [7, 11) is 1.58. The normalized spacial score (nSPS) is 9.65. The lowest BCUT2D eigenvalue weighted by molar-refractivity contribution is -0.105. The highest BCUT2D eigenvalue weighted by Gasteiger charge is 2.06. The van der Waals surface area contributed by atoms with Crippen LogP contribution in [-0.2, 0) is 4.79 Å². The fourth-order valence-corrected chi connectivity index (χ4v) is 1.70. The van der Waals surface area contributed by atoms with Gasteiger partial charge >= 0.3 is 0 Å². The summed E-state index contributed by atoms with van der Waals surface area (Å²) in [4.78, 5) is 22.4. The van der Waals surface area contributed by atoms with Crippen molar-refractivity contribution in [2.75, 3.05) is 17.7 Å². The van der Waals surface area contributed by atoms with E-state index < -0.39 is 0 Å². The van der Waals surface area contributed by atoms with Crippen LogP contribution in [0.1, 0.15) is 10.4 Å². The van der Waals surface area contributed by atoms with Crippen molar-refractivity contribution in [2.24, 2.45) is 0 Å². The van der Waals surface area contributed by atoms with E-state index in [1.807, 2.05) is 0 Å². The van der Waals surface area contributed by atoms with E-state index in [9.17, 15) is 9.59 Å². The van der Waals surface area contributed by atoms with Gasteiger partial charge in [-0.1, -0.05) is 6.07 Å². The molecule has 5 heteroatoms.